The van der Waals surface area contributed by atoms with E-state index in [-0.39, 0.29) is 11.8 Å². The molecule has 2 aliphatic heterocycles. The van der Waals surface area contributed by atoms with Crippen LogP contribution in [0.3, 0.4) is 0 Å². The van der Waals surface area contributed by atoms with Crippen molar-refractivity contribution >= 4 is 5.97 Å². The molecule has 2 unspecified atom stereocenters. The van der Waals surface area contributed by atoms with Crippen LogP contribution < -0.4 is 0 Å². The average Bonchev–Trinajstić information content (AvgIpc) is 2.86. The SMILES string of the molecule is O=C(O)c1ccnc(C2CN3CCCC3CO2)n1. The van der Waals surface area contributed by atoms with Gasteiger partial charge in [-0.05, 0) is 25.5 Å². The van der Waals surface area contributed by atoms with Gasteiger partial charge in [-0.25, -0.2) is 14.8 Å². The van der Waals surface area contributed by atoms with Crippen LogP contribution in [0.5, 0.6) is 0 Å². The average molecular weight is 249 g/mol. The minimum absolute atomic E-state index is 0.0205. The van der Waals surface area contributed by atoms with Gasteiger partial charge >= 0.3 is 5.97 Å². The molecule has 2 aliphatic rings. The van der Waals surface area contributed by atoms with E-state index in [2.05, 4.69) is 14.9 Å². The molecule has 6 nitrogen and oxygen atoms in total. The molecule has 96 valence electrons. The van der Waals surface area contributed by atoms with E-state index in [0.717, 1.165) is 13.1 Å². The number of aromatic nitrogens is 2. The fourth-order valence-electron chi connectivity index (χ4n) is 2.62. The number of nitrogens with zero attached hydrogens (tertiary/aromatic N) is 3. The van der Waals surface area contributed by atoms with Crippen LogP contribution in [0.2, 0.25) is 0 Å². The second-order valence-electron chi connectivity index (χ2n) is 4.72. The first kappa shape index (κ1) is 11.6. The van der Waals surface area contributed by atoms with E-state index in [4.69, 9.17) is 9.84 Å². The molecule has 0 aliphatic carbocycles. The van der Waals surface area contributed by atoms with Crippen LogP contribution in [0.4, 0.5) is 0 Å². The predicted molar refractivity (Wildman–Crippen MR) is 62.3 cm³/mol. The van der Waals surface area contributed by atoms with Gasteiger partial charge in [-0.2, -0.15) is 0 Å². The summed E-state index contributed by atoms with van der Waals surface area (Å²) in [6.07, 6.45) is 3.66. The smallest absolute Gasteiger partial charge is 0.354 e. The molecule has 3 rings (SSSR count). The molecule has 1 N–H and O–H groups in total. The Morgan fingerprint density at radius 3 is 3.28 bits per heavy atom. The number of ether oxygens (including phenoxy) is 1. The molecule has 0 amide bonds. The molecular weight excluding hydrogens is 234 g/mol. The second kappa shape index (κ2) is 4.62. The summed E-state index contributed by atoms with van der Waals surface area (Å²) in [5.41, 5.74) is 0.0205. The van der Waals surface area contributed by atoms with Gasteiger partial charge in [0.05, 0.1) is 6.61 Å². The van der Waals surface area contributed by atoms with Crippen molar-refractivity contribution in [2.75, 3.05) is 19.7 Å². The summed E-state index contributed by atoms with van der Waals surface area (Å²) in [4.78, 5) is 21.4. The number of aromatic carboxylic acids is 1. The van der Waals surface area contributed by atoms with Crippen molar-refractivity contribution in [2.45, 2.75) is 25.0 Å². The van der Waals surface area contributed by atoms with E-state index in [9.17, 15) is 4.79 Å². The van der Waals surface area contributed by atoms with Gasteiger partial charge in [0, 0.05) is 18.8 Å². The van der Waals surface area contributed by atoms with Crippen LogP contribution in [-0.2, 0) is 4.74 Å². The van der Waals surface area contributed by atoms with E-state index in [1.165, 1.54) is 25.1 Å². The van der Waals surface area contributed by atoms with E-state index in [0.29, 0.717) is 18.5 Å². The molecule has 18 heavy (non-hydrogen) atoms. The van der Waals surface area contributed by atoms with Crippen LogP contribution in [0.1, 0.15) is 35.3 Å². The maximum Gasteiger partial charge on any atom is 0.354 e. The zero-order valence-corrected chi connectivity index (χ0v) is 9.95. The van der Waals surface area contributed by atoms with Crippen LogP contribution in [0.15, 0.2) is 12.3 Å². The molecule has 0 aromatic carbocycles. The van der Waals surface area contributed by atoms with E-state index in [1.807, 2.05) is 0 Å². The van der Waals surface area contributed by atoms with Gasteiger partial charge in [0.25, 0.3) is 0 Å². The van der Waals surface area contributed by atoms with Crippen LogP contribution in [0.25, 0.3) is 0 Å². The van der Waals surface area contributed by atoms with Gasteiger partial charge in [0.1, 0.15) is 6.10 Å². The van der Waals surface area contributed by atoms with Crippen molar-refractivity contribution in [3.05, 3.63) is 23.8 Å². The fraction of sp³-hybridized carbons (Fsp3) is 0.583. The van der Waals surface area contributed by atoms with Crippen molar-refractivity contribution in [3.8, 4) is 0 Å². The number of carbonyl (C=O) groups is 1. The van der Waals surface area contributed by atoms with Gasteiger partial charge in [-0.15, -0.1) is 0 Å². The summed E-state index contributed by atoms with van der Waals surface area (Å²) >= 11 is 0. The Balaban J connectivity index is 1.78. The van der Waals surface area contributed by atoms with Crippen molar-refractivity contribution in [3.63, 3.8) is 0 Å². The lowest BCUT2D eigenvalue weighted by atomic mass is 10.2. The van der Waals surface area contributed by atoms with Crippen molar-refractivity contribution in [2.24, 2.45) is 0 Å². The van der Waals surface area contributed by atoms with Gasteiger partial charge in [0.15, 0.2) is 11.5 Å². The molecule has 6 heteroatoms. The Bertz CT molecular complexity index is 466. The normalized spacial score (nSPS) is 28.0. The quantitative estimate of drug-likeness (QED) is 0.832. The number of fused-ring (bicyclic) bond motifs is 1. The van der Waals surface area contributed by atoms with Crippen LogP contribution in [0, 0.1) is 0 Å². The highest BCUT2D eigenvalue weighted by atomic mass is 16.5. The lowest BCUT2D eigenvalue weighted by Gasteiger charge is -2.34. The maximum atomic E-state index is 10.9. The highest BCUT2D eigenvalue weighted by Gasteiger charge is 2.34. The first-order chi connectivity index (χ1) is 8.74. The Morgan fingerprint density at radius 1 is 1.56 bits per heavy atom. The third-order valence-electron chi connectivity index (χ3n) is 3.57. The van der Waals surface area contributed by atoms with Gasteiger partial charge < -0.3 is 9.84 Å². The zero-order valence-electron chi connectivity index (χ0n) is 9.95. The molecule has 2 atom stereocenters. The molecule has 1 aromatic rings. The number of morpholine rings is 1. The minimum atomic E-state index is -1.03. The Morgan fingerprint density at radius 2 is 2.44 bits per heavy atom. The summed E-state index contributed by atoms with van der Waals surface area (Å²) in [5.74, 6) is -0.561. The molecule has 3 heterocycles. The number of rotatable bonds is 2. The predicted octanol–water partition coefficient (Wildman–Crippen LogP) is 0.710. The Kier molecular flexibility index (Phi) is 2.97. The first-order valence-electron chi connectivity index (χ1n) is 6.16. The van der Waals surface area contributed by atoms with E-state index in [1.54, 1.807) is 0 Å². The largest absolute Gasteiger partial charge is 0.477 e. The fourth-order valence-corrected chi connectivity index (χ4v) is 2.62. The van der Waals surface area contributed by atoms with Crippen molar-refractivity contribution in [1.29, 1.82) is 0 Å². The number of hydrogen-bond acceptors (Lipinski definition) is 5. The molecule has 0 saturated carbocycles. The number of carboxylic acids is 1. The topological polar surface area (TPSA) is 75.5 Å². The number of carboxylic acid groups (broad SMARTS) is 1. The summed E-state index contributed by atoms with van der Waals surface area (Å²) in [6.45, 7) is 2.53. The highest BCUT2D eigenvalue weighted by Crippen LogP contribution is 2.28. The van der Waals surface area contributed by atoms with E-state index >= 15 is 0 Å². The summed E-state index contributed by atoms with van der Waals surface area (Å²) in [6, 6.07) is 1.91. The molecule has 0 spiro atoms. The summed E-state index contributed by atoms with van der Waals surface area (Å²) < 4.78 is 5.75. The highest BCUT2D eigenvalue weighted by molar-refractivity contribution is 5.85. The van der Waals surface area contributed by atoms with Crippen molar-refractivity contribution in [1.82, 2.24) is 14.9 Å². The van der Waals surface area contributed by atoms with Gasteiger partial charge in [0.2, 0.25) is 0 Å². The Hall–Kier alpha value is -1.53. The molecule has 0 radical (unpaired) electrons. The third-order valence-corrected chi connectivity index (χ3v) is 3.57. The first-order valence-corrected chi connectivity index (χ1v) is 6.16. The minimum Gasteiger partial charge on any atom is -0.477 e. The monoisotopic (exact) mass is 249 g/mol. The molecule has 0 bridgehead atoms. The van der Waals surface area contributed by atoms with Crippen LogP contribution >= 0.6 is 0 Å². The van der Waals surface area contributed by atoms with Gasteiger partial charge in [-0.3, -0.25) is 4.90 Å². The molecular formula is C12H15N3O3. The lowest BCUT2D eigenvalue weighted by molar-refractivity contribution is -0.0542. The zero-order chi connectivity index (χ0) is 12.5. The van der Waals surface area contributed by atoms with Crippen molar-refractivity contribution < 1.29 is 14.6 Å². The summed E-state index contributed by atoms with van der Waals surface area (Å²) in [5, 5.41) is 8.92. The lowest BCUT2D eigenvalue weighted by Crippen LogP contribution is -2.42. The summed E-state index contributed by atoms with van der Waals surface area (Å²) in [7, 11) is 0. The number of hydrogen-bond donors (Lipinski definition) is 1. The van der Waals surface area contributed by atoms with Crippen LogP contribution in [-0.4, -0.2) is 51.7 Å². The third kappa shape index (κ3) is 2.09. The molecule has 2 saturated heterocycles. The maximum absolute atomic E-state index is 10.9. The van der Waals surface area contributed by atoms with Gasteiger partial charge in [-0.1, -0.05) is 0 Å². The van der Waals surface area contributed by atoms with E-state index < -0.39 is 5.97 Å². The second-order valence-corrected chi connectivity index (χ2v) is 4.72. The molecule has 1 aromatic heterocycles. The standard InChI is InChI=1S/C12H15N3O3/c16-12(17)9-3-4-13-11(14-9)10-6-15-5-1-2-8(15)7-18-10/h3-4,8,10H,1-2,5-7H2,(H,16,17). The Labute approximate surface area is 105 Å². The molecule has 2 fully saturated rings.